The normalized spacial score (nSPS) is 14.3. The van der Waals surface area contributed by atoms with Gasteiger partial charge in [0.2, 0.25) is 5.95 Å². The Labute approximate surface area is 208 Å². The fourth-order valence-corrected chi connectivity index (χ4v) is 4.70. The van der Waals surface area contributed by atoms with Gasteiger partial charge in [0.1, 0.15) is 0 Å². The maximum Gasteiger partial charge on any atom is 0.326 e. The molecular weight excluding hydrogens is 458 g/mol. The Balaban J connectivity index is 1.28. The summed E-state index contributed by atoms with van der Waals surface area (Å²) in [5.41, 5.74) is 8.06. The van der Waals surface area contributed by atoms with Crippen LogP contribution >= 0.6 is 0 Å². The molecule has 4 aromatic rings. The minimum Gasteiger partial charge on any atom is -0.354 e. The van der Waals surface area contributed by atoms with E-state index in [0.717, 1.165) is 49.5 Å². The van der Waals surface area contributed by atoms with Crippen molar-refractivity contribution >= 4 is 34.5 Å². The number of nitrogens with two attached hydrogens (primary N) is 1. The molecule has 10 heteroatoms. The van der Waals surface area contributed by atoms with Gasteiger partial charge in [-0.25, -0.2) is 14.7 Å². The third kappa shape index (κ3) is 4.42. The number of carbonyl (C=O) groups excluding carboxylic acids is 1. The second kappa shape index (κ2) is 9.82. The maximum atomic E-state index is 13.3. The Bertz CT molecular complexity index is 1440. The highest BCUT2D eigenvalue weighted by Crippen LogP contribution is 2.27. The number of benzene rings is 2. The lowest BCUT2D eigenvalue weighted by atomic mass is 10.1. The van der Waals surface area contributed by atoms with E-state index in [0.29, 0.717) is 23.4 Å². The van der Waals surface area contributed by atoms with Gasteiger partial charge in [-0.1, -0.05) is 35.5 Å². The van der Waals surface area contributed by atoms with Gasteiger partial charge in [-0.2, -0.15) is 0 Å². The van der Waals surface area contributed by atoms with E-state index in [9.17, 15) is 9.59 Å². The number of aryl methyl sites for hydroxylation is 1. The van der Waals surface area contributed by atoms with Crippen LogP contribution in [0, 0.1) is 6.92 Å². The largest absolute Gasteiger partial charge is 0.354 e. The second-order valence-electron chi connectivity index (χ2n) is 8.93. The molecule has 10 nitrogen and oxygen atoms in total. The number of hydrogen-bond donors (Lipinski definition) is 1. The van der Waals surface area contributed by atoms with Gasteiger partial charge in [0.25, 0.3) is 5.56 Å². The molecule has 0 bridgehead atoms. The van der Waals surface area contributed by atoms with Crippen molar-refractivity contribution < 1.29 is 9.32 Å². The highest BCUT2D eigenvalue weighted by Gasteiger charge is 2.24. The monoisotopic (exact) mass is 487 g/mol. The topological polar surface area (TPSA) is 114 Å². The third-order valence-corrected chi connectivity index (χ3v) is 6.71. The number of nitrogens with zero attached hydrogens (tertiary/aromatic N) is 6. The van der Waals surface area contributed by atoms with E-state index in [1.165, 1.54) is 9.47 Å². The number of carbonyl (C=O) groups is 1. The van der Waals surface area contributed by atoms with Crippen molar-refractivity contribution in [2.75, 3.05) is 42.5 Å². The summed E-state index contributed by atoms with van der Waals surface area (Å²) in [5, 5.41) is 5.30. The zero-order valence-corrected chi connectivity index (χ0v) is 20.4. The number of rotatable bonds is 6. The first-order valence-electron chi connectivity index (χ1n) is 12.0. The summed E-state index contributed by atoms with van der Waals surface area (Å²) in [6.45, 7) is 5.91. The Morgan fingerprint density at radius 1 is 1.06 bits per heavy atom. The van der Waals surface area contributed by atoms with Crippen LogP contribution in [0.1, 0.15) is 11.3 Å². The molecule has 186 valence electrons. The maximum absolute atomic E-state index is 13.3. The average Bonchev–Trinajstić information content (AvgIpc) is 3.32. The number of fused-ring (bicyclic) bond motifs is 1. The molecule has 0 radical (unpaired) electrons. The standard InChI is InChI=1S/C26H29N7O3/c1-18-20(24(34)30(2)26(28-18)33(25(27)35)19-8-4-3-5-9-19)12-13-31-14-16-32(17-15-31)23-21-10-6-7-11-22(21)36-29-23/h3-11H,12-17H2,1-2H3,(H2,27,35). The lowest BCUT2D eigenvalue weighted by Crippen LogP contribution is -2.47. The molecule has 0 atom stereocenters. The van der Waals surface area contributed by atoms with Gasteiger partial charge >= 0.3 is 6.03 Å². The predicted molar refractivity (Wildman–Crippen MR) is 139 cm³/mol. The van der Waals surface area contributed by atoms with Crippen LogP contribution in [0.25, 0.3) is 11.0 Å². The average molecular weight is 488 g/mol. The van der Waals surface area contributed by atoms with Gasteiger partial charge in [-0.05, 0) is 37.6 Å². The molecule has 0 aliphatic carbocycles. The second-order valence-corrected chi connectivity index (χ2v) is 8.93. The molecule has 1 aliphatic heterocycles. The summed E-state index contributed by atoms with van der Waals surface area (Å²) in [5.74, 6) is 1.08. The number of hydrogen-bond acceptors (Lipinski definition) is 7. The summed E-state index contributed by atoms with van der Waals surface area (Å²) in [4.78, 5) is 36.0. The van der Waals surface area contributed by atoms with Gasteiger partial charge in [0.15, 0.2) is 11.4 Å². The van der Waals surface area contributed by atoms with Crippen LogP contribution in [0.2, 0.25) is 0 Å². The lowest BCUT2D eigenvalue weighted by molar-refractivity contribution is 0.255. The Morgan fingerprint density at radius 2 is 1.75 bits per heavy atom. The van der Waals surface area contributed by atoms with Crippen molar-refractivity contribution in [2.24, 2.45) is 12.8 Å². The third-order valence-electron chi connectivity index (χ3n) is 6.71. The van der Waals surface area contributed by atoms with E-state index in [4.69, 9.17) is 10.3 Å². The molecule has 1 fully saturated rings. The van der Waals surface area contributed by atoms with Crippen LogP contribution < -0.4 is 21.1 Å². The van der Waals surface area contributed by atoms with E-state index in [2.05, 4.69) is 19.9 Å². The molecule has 1 aliphatic rings. The SMILES string of the molecule is Cc1nc(N(C(N)=O)c2ccccc2)n(C)c(=O)c1CCN1CCN(c2noc3ccccc23)CC1. The molecule has 0 saturated carbocycles. The van der Waals surface area contributed by atoms with Crippen LogP contribution in [0.15, 0.2) is 63.9 Å². The van der Waals surface area contributed by atoms with Crippen molar-refractivity contribution in [3.8, 4) is 0 Å². The Morgan fingerprint density at radius 3 is 2.47 bits per heavy atom. The summed E-state index contributed by atoms with van der Waals surface area (Å²) in [7, 11) is 1.62. The van der Waals surface area contributed by atoms with Gasteiger partial charge in [0, 0.05) is 45.3 Å². The van der Waals surface area contributed by atoms with Crippen LogP contribution in [0.3, 0.4) is 0 Å². The number of aromatic nitrogens is 3. The van der Waals surface area contributed by atoms with E-state index < -0.39 is 6.03 Å². The van der Waals surface area contributed by atoms with E-state index in [1.54, 1.807) is 38.2 Å². The summed E-state index contributed by atoms with van der Waals surface area (Å²) in [6, 6.07) is 16.1. The number of para-hydroxylation sites is 2. The highest BCUT2D eigenvalue weighted by molar-refractivity contribution is 5.96. The van der Waals surface area contributed by atoms with Crippen molar-refractivity contribution in [3.63, 3.8) is 0 Å². The first-order valence-corrected chi connectivity index (χ1v) is 12.0. The first kappa shape index (κ1) is 23.6. The molecule has 1 saturated heterocycles. The molecule has 3 heterocycles. The van der Waals surface area contributed by atoms with Crippen molar-refractivity contribution in [2.45, 2.75) is 13.3 Å². The quantitative estimate of drug-likeness (QED) is 0.445. The Kier molecular flexibility index (Phi) is 6.43. The van der Waals surface area contributed by atoms with Gasteiger partial charge in [0.05, 0.1) is 16.8 Å². The number of piperazine rings is 1. The number of urea groups is 1. The zero-order chi connectivity index (χ0) is 25.2. The van der Waals surface area contributed by atoms with E-state index in [-0.39, 0.29) is 11.5 Å². The van der Waals surface area contributed by atoms with E-state index >= 15 is 0 Å². The molecule has 0 unspecified atom stereocenters. The number of primary amides is 1. The van der Waals surface area contributed by atoms with Gasteiger partial charge in [-0.3, -0.25) is 14.3 Å². The van der Waals surface area contributed by atoms with Crippen molar-refractivity contribution in [1.82, 2.24) is 19.6 Å². The fourth-order valence-electron chi connectivity index (χ4n) is 4.70. The van der Waals surface area contributed by atoms with Crippen molar-refractivity contribution in [3.05, 3.63) is 76.2 Å². The van der Waals surface area contributed by atoms with Gasteiger partial charge < -0.3 is 15.2 Å². The highest BCUT2D eigenvalue weighted by atomic mass is 16.5. The first-order chi connectivity index (χ1) is 17.4. The summed E-state index contributed by atoms with van der Waals surface area (Å²) < 4.78 is 6.86. The Hall–Kier alpha value is -4.18. The number of anilines is 3. The summed E-state index contributed by atoms with van der Waals surface area (Å²) in [6.07, 6.45) is 0.570. The van der Waals surface area contributed by atoms with Crippen LogP contribution in [0.5, 0.6) is 0 Å². The summed E-state index contributed by atoms with van der Waals surface area (Å²) >= 11 is 0. The van der Waals surface area contributed by atoms with Crippen LogP contribution in [-0.2, 0) is 13.5 Å². The molecule has 36 heavy (non-hydrogen) atoms. The zero-order valence-electron chi connectivity index (χ0n) is 20.4. The fraction of sp³-hybridized carbons (Fsp3) is 0.308. The lowest BCUT2D eigenvalue weighted by Gasteiger charge is -2.34. The molecule has 5 rings (SSSR count). The van der Waals surface area contributed by atoms with Crippen LogP contribution in [-0.4, -0.2) is 58.4 Å². The molecular formula is C26H29N7O3. The minimum absolute atomic E-state index is 0.174. The smallest absolute Gasteiger partial charge is 0.326 e. The predicted octanol–water partition coefficient (Wildman–Crippen LogP) is 2.81. The molecule has 2 amide bonds. The minimum atomic E-state index is -0.700. The van der Waals surface area contributed by atoms with Crippen LogP contribution in [0.4, 0.5) is 22.2 Å². The number of amides is 2. The molecule has 0 spiro atoms. The van der Waals surface area contributed by atoms with Crippen molar-refractivity contribution in [1.29, 1.82) is 0 Å². The molecule has 2 aromatic carbocycles. The van der Waals surface area contributed by atoms with Gasteiger partial charge in [-0.15, -0.1) is 0 Å². The van der Waals surface area contributed by atoms with E-state index in [1.807, 2.05) is 30.3 Å². The molecule has 2 aromatic heterocycles. The molecule has 2 N–H and O–H groups in total.